The fourth-order valence-corrected chi connectivity index (χ4v) is 2.33. The van der Waals surface area contributed by atoms with Gasteiger partial charge >= 0.3 is 45.9 Å². The van der Waals surface area contributed by atoms with Gasteiger partial charge in [0.25, 0.3) is 0 Å². The van der Waals surface area contributed by atoms with Crippen LogP contribution in [0.1, 0.15) is 82.9 Å². The van der Waals surface area contributed by atoms with E-state index in [1.54, 1.807) is 24.5 Å². The van der Waals surface area contributed by atoms with Crippen LogP contribution in [0.2, 0.25) is 0 Å². The van der Waals surface area contributed by atoms with Crippen LogP contribution in [-0.4, -0.2) is 35.1 Å². The fourth-order valence-electron chi connectivity index (χ4n) is 2.33. The van der Waals surface area contributed by atoms with E-state index in [0.29, 0.717) is 12.2 Å². The zero-order valence-electron chi connectivity index (χ0n) is 17.5. The van der Waals surface area contributed by atoms with Crippen LogP contribution in [0.3, 0.4) is 0 Å². The normalized spacial score (nSPS) is 10.3. The molecule has 1 aromatic rings. The number of carbonyl (C=O) groups is 1. The van der Waals surface area contributed by atoms with Gasteiger partial charge in [0.1, 0.15) is 0 Å². The predicted molar refractivity (Wildman–Crippen MR) is 102 cm³/mol. The first-order valence-corrected chi connectivity index (χ1v) is 10.5. The van der Waals surface area contributed by atoms with Gasteiger partial charge in [0.15, 0.2) is 0 Å². The zero-order valence-corrected chi connectivity index (χ0v) is 19.3. The van der Waals surface area contributed by atoms with E-state index >= 15 is 0 Å². The number of hydrogen-bond donors (Lipinski definition) is 2. The maximum absolute atomic E-state index is 11.7. The second kappa shape index (κ2) is 18.8. The van der Waals surface area contributed by atoms with Gasteiger partial charge in [0.05, 0.1) is 12.2 Å². The number of pyridine rings is 1. The molecule has 27 heavy (non-hydrogen) atoms. The molecule has 1 aromatic heterocycles. The van der Waals surface area contributed by atoms with Crippen molar-refractivity contribution in [2.45, 2.75) is 71.1 Å². The number of unbranched alkanes of at least 4 members (excludes halogenated alkanes) is 9. The number of esters is 1. The van der Waals surface area contributed by atoms with E-state index in [1.807, 2.05) is 0 Å². The minimum absolute atomic E-state index is 0. The summed E-state index contributed by atoms with van der Waals surface area (Å²) in [5.74, 6) is -0.242. The van der Waals surface area contributed by atoms with Crippen molar-refractivity contribution in [3.63, 3.8) is 0 Å². The first kappa shape index (κ1) is 28.7. The largest absolute Gasteiger partial charge is 1.00 e. The third-order valence-corrected chi connectivity index (χ3v) is 3.65. The van der Waals surface area contributed by atoms with Gasteiger partial charge in [-0.25, -0.2) is 4.79 Å². The summed E-state index contributed by atoms with van der Waals surface area (Å²) in [6, 6.07) is 3.36. The first-order chi connectivity index (χ1) is 12.3. The van der Waals surface area contributed by atoms with Crippen molar-refractivity contribution in [2.24, 2.45) is 0 Å². The molecular formula is C18H32NNaO6S. The number of carbonyl (C=O) groups excluding carboxylic acids is 1. The Morgan fingerprint density at radius 3 is 1.81 bits per heavy atom. The van der Waals surface area contributed by atoms with Crippen molar-refractivity contribution in [2.75, 3.05) is 6.61 Å². The molecule has 9 heteroatoms. The van der Waals surface area contributed by atoms with Gasteiger partial charge in [0.2, 0.25) is 0 Å². The van der Waals surface area contributed by atoms with Crippen molar-refractivity contribution < 1.29 is 58.0 Å². The molecule has 0 radical (unpaired) electrons. The van der Waals surface area contributed by atoms with Crippen molar-refractivity contribution in [1.82, 2.24) is 4.98 Å². The summed E-state index contributed by atoms with van der Waals surface area (Å²) in [5.41, 5.74) is 0.581. The van der Waals surface area contributed by atoms with Gasteiger partial charge in [-0.3, -0.25) is 14.1 Å². The van der Waals surface area contributed by atoms with Gasteiger partial charge in [-0.05, 0) is 18.6 Å². The van der Waals surface area contributed by atoms with Gasteiger partial charge < -0.3 is 6.16 Å². The Labute approximate surface area is 186 Å². The Bertz CT molecular complexity index is 567. The van der Waals surface area contributed by atoms with Crippen LogP contribution < -0.4 is 29.6 Å². The maximum Gasteiger partial charge on any atom is 1.00 e. The number of rotatable bonds is 12. The van der Waals surface area contributed by atoms with E-state index in [4.69, 9.17) is 22.3 Å². The van der Waals surface area contributed by atoms with E-state index in [1.165, 1.54) is 51.4 Å². The molecular weight excluding hydrogens is 381 g/mol. The summed E-state index contributed by atoms with van der Waals surface area (Å²) in [7, 11) is -4.67. The molecule has 0 saturated heterocycles. The molecule has 2 N–H and O–H groups in total. The fraction of sp³-hybridized carbons (Fsp3) is 0.667. The minimum Gasteiger partial charge on any atom is -1.00 e. The summed E-state index contributed by atoms with van der Waals surface area (Å²) >= 11 is 0. The molecule has 1 heterocycles. The molecule has 152 valence electrons. The number of aromatic nitrogens is 1. The molecule has 1 rings (SSSR count). The third-order valence-electron chi connectivity index (χ3n) is 3.65. The van der Waals surface area contributed by atoms with Crippen LogP contribution in [0.15, 0.2) is 24.5 Å². The Morgan fingerprint density at radius 2 is 1.37 bits per heavy atom. The van der Waals surface area contributed by atoms with Gasteiger partial charge in [-0.1, -0.05) is 64.7 Å². The summed E-state index contributed by atoms with van der Waals surface area (Å²) < 4.78 is 36.8. The summed E-state index contributed by atoms with van der Waals surface area (Å²) in [6.45, 7) is 2.78. The molecule has 7 nitrogen and oxygen atoms in total. The van der Waals surface area contributed by atoms with Crippen molar-refractivity contribution in [3.8, 4) is 0 Å². The summed E-state index contributed by atoms with van der Waals surface area (Å²) in [6.07, 6.45) is 16.1. The standard InChI is InChI=1S/C18H29NO2.Na.H2O4S.H/c1-2-3-4-5-6-7-8-9-10-11-16-21-18(20)17-12-14-19-15-13-17;;1-5(2,3)4;/h12-15H,2-11,16H2,1H3;;(H2,1,2,3,4);/q;+1;;-1. The van der Waals surface area contributed by atoms with E-state index in [2.05, 4.69) is 11.9 Å². The average Bonchev–Trinajstić information content (AvgIpc) is 2.59. The van der Waals surface area contributed by atoms with Gasteiger partial charge in [-0.15, -0.1) is 0 Å². The summed E-state index contributed by atoms with van der Waals surface area (Å²) in [5, 5.41) is 0. The summed E-state index contributed by atoms with van der Waals surface area (Å²) in [4.78, 5) is 15.5. The molecule has 0 bridgehead atoms. The topological polar surface area (TPSA) is 114 Å². The number of hydrogen-bond acceptors (Lipinski definition) is 5. The van der Waals surface area contributed by atoms with E-state index in [9.17, 15) is 4.79 Å². The zero-order chi connectivity index (χ0) is 19.7. The first-order valence-electron chi connectivity index (χ1n) is 9.11. The Balaban J connectivity index is -0.000000793. The second-order valence-corrected chi connectivity index (χ2v) is 6.90. The van der Waals surface area contributed by atoms with Crippen LogP contribution in [0.5, 0.6) is 0 Å². The van der Waals surface area contributed by atoms with Crippen LogP contribution >= 0.6 is 0 Å². The third kappa shape index (κ3) is 23.5. The SMILES string of the molecule is CCCCCCCCCCCCOC(=O)c1ccncc1.O=S(=O)(O)O.[H-].[Na+]. The molecule has 0 aliphatic carbocycles. The molecule has 0 amide bonds. The van der Waals surface area contributed by atoms with Crippen LogP contribution in [0.4, 0.5) is 0 Å². The van der Waals surface area contributed by atoms with E-state index in [-0.39, 0.29) is 37.0 Å². The van der Waals surface area contributed by atoms with Crippen LogP contribution in [-0.2, 0) is 15.1 Å². The van der Waals surface area contributed by atoms with E-state index in [0.717, 1.165) is 12.8 Å². The van der Waals surface area contributed by atoms with E-state index < -0.39 is 10.4 Å². The van der Waals surface area contributed by atoms with Gasteiger partial charge in [0, 0.05) is 12.4 Å². The smallest absolute Gasteiger partial charge is 1.00 e. The van der Waals surface area contributed by atoms with Gasteiger partial charge in [-0.2, -0.15) is 8.42 Å². The van der Waals surface area contributed by atoms with Crippen LogP contribution in [0.25, 0.3) is 0 Å². The van der Waals surface area contributed by atoms with Crippen molar-refractivity contribution >= 4 is 16.4 Å². The molecule has 0 aliphatic heterocycles. The Morgan fingerprint density at radius 1 is 0.963 bits per heavy atom. The van der Waals surface area contributed by atoms with Crippen molar-refractivity contribution in [1.29, 1.82) is 0 Å². The quantitative estimate of drug-likeness (QED) is 0.232. The second-order valence-electron chi connectivity index (χ2n) is 6.00. The molecule has 0 spiro atoms. The minimum atomic E-state index is -4.67. The maximum atomic E-state index is 11.7. The molecule has 0 fully saturated rings. The molecule has 0 unspecified atom stereocenters. The molecule has 0 aliphatic rings. The van der Waals surface area contributed by atoms with Crippen LogP contribution in [0, 0.1) is 0 Å². The Kier molecular flexibility index (Phi) is 20.0. The number of nitrogens with zero attached hydrogens (tertiary/aromatic N) is 1. The molecule has 0 atom stereocenters. The molecule has 0 aromatic carbocycles. The van der Waals surface area contributed by atoms with Crippen molar-refractivity contribution in [3.05, 3.63) is 30.1 Å². The number of ether oxygens (including phenoxy) is 1. The average molecular weight is 414 g/mol. The predicted octanol–water partition coefficient (Wildman–Crippen LogP) is 1.62. The monoisotopic (exact) mass is 413 g/mol. The molecule has 0 saturated carbocycles. The Hall–Kier alpha value is -0.510.